The second-order valence-corrected chi connectivity index (χ2v) is 7.22. The Balaban J connectivity index is 1.25. The molecule has 0 aromatic carbocycles. The van der Waals surface area contributed by atoms with Crippen molar-refractivity contribution in [2.24, 2.45) is 0 Å². The highest BCUT2D eigenvalue weighted by Gasteiger charge is 2.31. The van der Waals surface area contributed by atoms with E-state index < -0.39 is 0 Å². The molecule has 2 fully saturated rings. The minimum atomic E-state index is 0.0943. The van der Waals surface area contributed by atoms with Crippen LogP contribution in [0.15, 0.2) is 0 Å². The van der Waals surface area contributed by atoms with Crippen LogP contribution in [-0.2, 0) is 27.1 Å². The molecule has 1 saturated carbocycles. The van der Waals surface area contributed by atoms with Gasteiger partial charge in [-0.3, -0.25) is 9.89 Å². The number of H-pyrrole nitrogens is 1. The maximum absolute atomic E-state index is 12.4. The lowest BCUT2D eigenvalue weighted by atomic mass is 10.1. The van der Waals surface area contributed by atoms with E-state index in [0.29, 0.717) is 12.5 Å². The Morgan fingerprint density at radius 3 is 2.92 bits per heavy atom. The van der Waals surface area contributed by atoms with Gasteiger partial charge in [0.1, 0.15) is 6.61 Å². The summed E-state index contributed by atoms with van der Waals surface area (Å²) in [6.45, 7) is 3.05. The van der Waals surface area contributed by atoms with E-state index in [0.717, 1.165) is 45.4 Å². The molecular formula is C18H27N3O3. The monoisotopic (exact) mass is 333 g/mol. The van der Waals surface area contributed by atoms with Crippen LogP contribution in [0, 0.1) is 0 Å². The SMILES string of the molecule is O=C(COCC1CCCCO1)N1CCc2[nH]nc(C3CC3)c2CC1. The lowest BCUT2D eigenvalue weighted by Gasteiger charge is -2.24. The van der Waals surface area contributed by atoms with Crippen LogP contribution in [0.4, 0.5) is 0 Å². The van der Waals surface area contributed by atoms with Gasteiger partial charge in [-0.25, -0.2) is 0 Å². The molecule has 132 valence electrons. The third-order valence-corrected chi connectivity index (χ3v) is 5.37. The summed E-state index contributed by atoms with van der Waals surface area (Å²) in [5.41, 5.74) is 3.85. The summed E-state index contributed by atoms with van der Waals surface area (Å²) in [5, 5.41) is 7.70. The second kappa shape index (κ2) is 7.23. The van der Waals surface area contributed by atoms with Crippen molar-refractivity contribution in [2.75, 3.05) is 32.9 Å². The number of rotatable bonds is 5. The quantitative estimate of drug-likeness (QED) is 0.892. The predicted molar refractivity (Wildman–Crippen MR) is 89.0 cm³/mol. The van der Waals surface area contributed by atoms with Gasteiger partial charge in [-0.1, -0.05) is 0 Å². The number of amides is 1. The van der Waals surface area contributed by atoms with Crippen LogP contribution in [0.25, 0.3) is 0 Å². The first-order chi connectivity index (χ1) is 11.8. The van der Waals surface area contributed by atoms with Gasteiger partial charge in [0.05, 0.1) is 18.4 Å². The van der Waals surface area contributed by atoms with E-state index in [1.165, 1.54) is 36.2 Å². The molecule has 1 saturated heterocycles. The Labute approximate surface area is 142 Å². The van der Waals surface area contributed by atoms with Gasteiger partial charge < -0.3 is 14.4 Å². The molecule has 3 aliphatic rings. The van der Waals surface area contributed by atoms with E-state index >= 15 is 0 Å². The van der Waals surface area contributed by atoms with Crippen LogP contribution >= 0.6 is 0 Å². The Bertz CT molecular complexity index is 576. The summed E-state index contributed by atoms with van der Waals surface area (Å²) < 4.78 is 11.3. The largest absolute Gasteiger partial charge is 0.376 e. The molecule has 1 N–H and O–H groups in total. The highest BCUT2D eigenvalue weighted by molar-refractivity contribution is 5.77. The molecule has 0 radical (unpaired) electrons. The highest BCUT2D eigenvalue weighted by Crippen LogP contribution is 2.41. The number of carbonyl (C=O) groups excluding carboxylic acids is 1. The van der Waals surface area contributed by atoms with Crippen LogP contribution in [0.1, 0.15) is 55.0 Å². The standard InChI is InChI=1S/C18H27N3O3/c22-17(12-23-11-14-3-1-2-10-24-14)21-8-6-15-16(7-9-21)19-20-18(15)13-4-5-13/h13-14H,1-12H2,(H,19,20). The number of aromatic amines is 1. The number of carbonyl (C=O) groups is 1. The van der Waals surface area contributed by atoms with E-state index in [1.807, 2.05) is 4.90 Å². The van der Waals surface area contributed by atoms with Crippen molar-refractivity contribution in [1.82, 2.24) is 15.1 Å². The molecule has 6 heteroatoms. The lowest BCUT2D eigenvalue weighted by molar-refractivity contribution is -0.138. The highest BCUT2D eigenvalue weighted by atomic mass is 16.5. The first kappa shape index (κ1) is 16.1. The molecule has 1 aliphatic carbocycles. The van der Waals surface area contributed by atoms with Crippen molar-refractivity contribution in [2.45, 2.75) is 57.0 Å². The number of nitrogens with one attached hydrogen (secondary N) is 1. The molecule has 6 nitrogen and oxygen atoms in total. The Morgan fingerprint density at radius 1 is 1.25 bits per heavy atom. The van der Waals surface area contributed by atoms with E-state index in [9.17, 15) is 4.79 Å². The molecule has 24 heavy (non-hydrogen) atoms. The smallest absolute Gasteiger partial charge is 0.248 e. The van der Waals surface area contributed by atoms with Gasteiger partial charge in [-0.2, -0.15) is 5.10 Å². The van der Waals surface area contributed by atoms with Gasteiger partial charge in [-0.15, -0.1) is 0 Å². The zero-order chi connectivity index (χ0) is 16.4. The van der Waals surface area contributed by atoms with Crippen LogP contribution < -0.4 is 0 Å². The normalized spacial score (nSPS) is 24.5. The van der Waals surface area contributed by atoms with E-state index in [-0.39, 0.29) is 18.6 Å². The van der Waals surface area contributed by atoms with Gasteiger partial charge in [0.2, 0.25) is 5.91 Å². The van der Waals surface area contributed by atoms with Gasteiger partial charge in [0.15, 0.2) is 0 Å². The average molecular weight is 333 g/mol. The zero-order valence-electron chi connectivity index (χ0n) is 14.3. The molecular weight excluding hydrogens is 306 g/mol. The molecule has 1 aromatic heterocycles. The minimum Gasteiger partial charge on any atom is -0.376 e. The number of nitrogens with zero attached hydrogens (tertiary/aromatic N) is 2. The molecule has 1 amide bonds. The first-order valence-electron chi connectivity index (χ1n) is 9.34. The van der Waals surface area contributed by atoms with Crippen LogP contribution in [0.5, 0.6) is 0 Å². The fraction of sp³-hybridized carbons (Fsp3) is 0.778. The predicted octanol–water partition coefficient (Wildman–Crippen LogP) is 1.80. The van der Waals surface area contributed by atoms with Crippen molar-refractivity contribution in [1.29, 1.82) is 0 Å². The van der Waals surface area contributed by atoms with Crippen LogP contribution in [0.3, 0.4) is 0 Å². The third kappa shape index (κ3) is 3.64. The van der Waals surface area contributed by atoms with Gasteiger partial charge in [0, 0.05) is 37.7 Å². The maximum Gasteiger partial charge on any atom is 0.248 e. The lowest BCUT2D eigenvalue weighted by Crippen LogP contribution is -2.37. The van der Waals surface area contributed by atoms with Gasteiger partial charge in [0.25, 0.3) is 0 Å². The topological polar surface area (TPSA) is 67.5 Å². The molecule has 0 bridgehead atoms. The van der Waals surface area contributed by atoms with E-state index in [1.54, 1.807) is 0 Å². The molecule has 0 spiro atoms. The Kier molecular flexibility index (Phi) is 4.85. The fourth-order valence-electron chi connectivity index (χ4n) is 3.76. The third-order valence-electron chi connectivity index (χ3n) is 5.37. The maximum atomic E-state index is 12.4. The summed E-state index contributed by atoms with van der Waals surface area (Å²) in [6, 6.07) is 0. The van der Waals surface area contributed by atoms with Crippen molar-refractivity contribution in [3.05, 3.63) is 17.0 Å². The summed E-state index contributed by atoms with van der Waals surface area (Å²) in [4.78, 5) is 14.4. The first-order valence-corrected chi connectivity index (χ1v) is 9.34. The summed E-state index contributed by atoms with van der Waals surface area (Å²) in [7, 11) is 0. The van der Waals surface area contributed by atoms with Crippen LogP contribution in [0.2, 0.25) is 0 Å². The van der Waals surface area contributed by atoms with Crippen molar-refractivity contribution in [3.63, 3.8) is 0 Å². The Hall–Kier alpha value is -1.40. The van der Waals surface area contributed by atoms with E-state index in [2.05, 4.69) is 10.2 Å². The van der Waals surface area contributed by atoms with Gasteiger partial charge >= 0.3 is 0 Å². The average Bonchev–Trinajstić information content (AvgIpc) is 3.41. The number of aromatic nitrogens is 2. The minimum absolute atomic E-state index is 0.0943. The Morgan fingerprint density at radius 2 is 2.12 bits per heavy atom. The number of hydrogen-bond acceptors (Lipinski definition) is 4. The van der Waals surface area contributed by atoms with Crippen molar-refractivity contribution in [3.8, 4) is 0 Å². The summed E-state index contributed by atoms with van der Waals surface area (Å²) >= 11 is 0. The number of hydrogen-bond donors (Lipinski definition) is 1. The molecule has 4 rings (SSSR count). The summed E-state index contributed by atoms with van der Waals surface area (Å²) in [6.07, 6.45) is 7.85. The fourth-order valence-corrected chi connectivity index (χ4v) is 3.76. The molecule has 1 unspecified atom stereocenters. The van der Waals surface area contributed by atoms with Crippen LogP contribution in [-0.4, -0.2) is 60.0 Å². The number of ether oxygens (including phenoxy) is 2. The molecule has 1 atom stereocenters. The second-order valence-electron chi connectivity index (χ2n) is 7.22. The zero-order valence-corrected chi connectivity index (χ0v) is 14.3. The van der Waals surface area contributed by atoms with Crippen molar-refractivity contribution < 1.29 is 14.3 Å². The summed E-state index contributed by atoms with van der Waals surface area (Å²) in [5.74, 6) is 0.753. The van der Waals surface area contributed by atoms with E-state index in [4.69, 9.17) is 9.47 Å². The molecule has 3 heterocycles. The van der Waals surface area contributed by atoms with Gasteiger partial charge in [-0.05, 0) is 44.1 Å². The number of fused-ring (bicyclic) bond motifs is 1. The molecule has 2 aliphatic heterocycles. The van der Waals surface area contributed by atoms with Crippen molar-refractivity contribution >= 4 is 5.91 Å². The molecule has 1 aromatic rings.